The number of hydrogen-bond acceptors (Lipinski definition) is 7. The first-order valence-corrected chi connectivity index (χ1v) is 10.5. The summed E-state index contributed by atoms with van der Waals surface area (Å²) in [5.41, 5.74) is 1.54. The first-order valence-electron chi connectivity index (χ1n) is 9.69. The van der Waals surface area contributed by atoms with Gasteiger partial charge in [-0.2, -0.15) is 0 Å². The van der Waals surface area contributed by atoms with Crippen LogP contribution in [0.15, 0.2) is 36.4 Å². The zero-order chi connectivity index (χ0) is 19.8. The number of carbonyl (C=O) groups is 1. The molecule has 2 aliphatic heterocycles. The summed E-state index contributed by atoms with van der Waals surface area (Å²) in [6.45, 7) is 5.61. The molecule has 29 heavy (non-hydrogen) atoms. The van der Waals surface area contributed by atoms with E-state index in [4.69, 9.17) is 19.2 Å². The number of hydrogen-bond donors (Lipinski definition) is 0. The highest BCUT2D eigenvalue weighted by atomic mass is 32.1. The van der Waals surface area contributed by atoms with Crippen LogP contribution in [0.1, 0.15) is 17.3 Å². The molecule has 1 saturated heterocycles. The molecule has 2 aromatic carbocycles. The van der Waals surface area contributed by atoms with Gasteiger partial charge in [0, 0.05) is 31.7 Å². The second kappa shape index (κ2) is 7.44. The molecule has 1 amide bonds. The fraction of sp³-hybridized carbons (Fsp3) is 0.333. The molecule has 0 spiro atoms. The second-order valence-electron chi connectivity index (χ2n) is 6.88. The van der Waals surface area contributed by atoms with Crippen LogP contribution in [0.3, 0.4) is 0 Å². The lowest BCUT2D eigenvalue weighted by molar-refractivity contribution is 0.0746. The number of anilines is 1. The minimum atomic E-state index is 0.0193. The Bertz CT molecular complexity index is 1060. The van der Waals surface area contributed by atoms with E-state index in [9.17, 15) is 4.79 Å². The van der Waals surface area contributed by atoms with Crippen molar-refractivity contribution in [1.29, 1.82) is 0 Å². The number of thiazole rings is 1. The number of amides is 1. The van der Waals surface area contributed by atoms with E-state index in [-0.39, 0.29) is 12.7 Å². The van der Waals surface area contributed by atoms with Crippen LogP contribution in [0.4, 0.5) is 5.13 Å². The normalized spacial score (nSPS) is 15.8. The predicted molar refractivity (Wildman–Crippen MR) is 111 cm³/mol. The van der Waals surface area contributed by atoms with Gasteiger partial charge in [-0.05, 0) is 37.3 Å². The van der Waals surface area contributed by atoms with Gasteiger partial charge in [0.15, 0.2) is 16.6 Å². The second-order valence-corrected chi connectivity index (χ2v) is 7.89. The van der Waals surface area contributed by atoms with Crippen molar-refractivity contribution in [2.75, 3.05) is 44.5 Å². The van der Waals surface area contributed by atoms with Gasteiger partial charge in [0.25, 0.3) is 5.91 Å². The smallest absolute Gasteiger partial charge is 0.254 e. The molecule has 0 saturated carbocycles. The minimum Gasteiger partial charge on any atom is -0.492 e. The van der Waals surface area contributed by atoms with Crippen LogP contribution >= 0.6 is 11.3 Å². The van der Waals surface area contributed by atoms with Gasteiger partial charge in [-0.3, -0.25) is 4.79 Å². The number of piperazine rings is 1. The number of rotatable bonds is 4. The number of nitrogens with zero attached hydrogens (tertiary/aromatic N) is 3. The Labute approximate surface area is 172 Å². The molecule has 3 aromatic rings. The molecular weight excluding hydrogens is 390 g/mol. The summed E-state index contributed by atoms with van der Waals surface area (Å²) in [6, 6.07) is 11.4. The third kappa shape index (κ3) is 3.33. The maximum Gasteiger partial charge on any atom is 0.254 e. The zero-order valence-corrected chi connectivity index (χ0v) is 16.9. The summed E-state index contributed by atoms with van der Waals surface area (Å²) in [4.78, 5) is 21.8. The highest BCUT2D eigenvalue weighted by Crippen LogP contribution is 2.35. The number of aromatic nitrogens is 1. The Morgan fingerprint density at radius 2 is 1.97 bits per heavy atom. The van der Waals surface area contributed by atoms with Crippen LogP contribution in [-0.4, -0.2) is 55.4 Å². The van der Waals surface area contributed by atoms with E-state index in [0.29, 0.717) is 36.8 Å². The van der Waals surface area contributed by atoms with E-state index in [1.165, 1.54) is 0 Å². The van der Waals surface area contributed by atoms with Crippen LogP contribution in [0.2, 0.25) is 0 Å². The maximum atomic E-state index is 12.9. The lowest BCUT2D eigenvalue weighted by Crippen LogP contribution is -2.48. The van der Waals surface area contributed by atoms with Crippen LogP contribution in [0, 0.1) is 0 Å². The van der Waals surface area contributed by atoms with E-state index in [1.807, 2.05) is 24.0 Å². The lowest BCUT2D eigenvalue weighted by Gasteiger charge is -2.34. The molecular formula is C21H21N3O4S. The van der Waals surface area contributed by atoms with E-state index in [0.717, 1.165) is 34.2 Å². The van der Waals surface area contributed by atoms with E-state index in [2.05, 4.69) is 11.0 Å². The highest BCUT2D eigenvalue weighted by Gasteiger charge is 2.25. The molecule has 3 heterocycles. The molecule has 1 fully saturated rings. The van der Waals surface area contributed by atoms with Crippen molar-refractivity contribution in [1.82, 2.24) is 9.88 Å². The van der Waals surface area contributed by atoms with Crippen LogP contribution in [-0.2, 0) is 0 Å². The molecule has 5 rings (SSSR count). The summed E-state index contributed by atoms with van der Waals surface area (Å²) in [7, 11) is 0. The monoisotopic (exact) mass is 411 g/mol. The summed E-state index contributed by atoms with van der Waals surface area (Å²) in [5, 5.41) is 0.974. The van der Waals surface area contributed by atoms with Crippen molar-refractivity contribution < 1.29 is 19.0 Å². The largest absolute Gasteiger partial charge is 0.492 e. The van der Waals surface area contributed by atoms with Crippen molar-refractivity contribution in [2.24, 2.45) is 0 Å². The van der Waals surface area contributed by atoms with Crippen LogP contribution < -0.4 is 19.1 Å². The first kappa shape index (κ1) is 18.1. The average Bonchev–Trinajstić information content (AvgIpc) is 3.40. The number of carbonyl (C=O) groups excluding carboxylic acids is 1. The number of ether oxygens (including phenoxy) is 3. The van der Waals surface area contributed by atoms with Gasteiger partial charge >= 0.3 is 0 Å². The Hall–Kier alpha value is -3.00. The van der Waals surface area contributed by atoms with Gasteiger partial charge in [0.05, 0.1) is 11.3 Å². The molecule has 150 valence electrons. The fourth-order valence-corrected chi connectivity index (χ4v) is 4.67. The number of benzene rings is 2. The van der Waals surface area contributed by atoms with Crippen molar-refractivity contribution >= 4 is 32.6 Å². The SMILES string of the molecule is CCOc1cccc2sc(N3CCN(C(=O)c4ccc5c(c4)OCO5)CC3)nc12. The van der Waals surface area contributed by atoms with E-state index >= 15 is 0 Å². The Morgan fingerprint density at radius 3 is 2.79 bits per heavy atom. The molecule has 0 unspecified atom stereocenters. The van der Waals surface area contributed by atoms with E-state index < -0.39 is 0 Å². The van der Waals surface area contributed by atoms with Crippen molar-refractivity contribution in [3.63, 3.8) is 0 Å². The highest BCUT2D eigenvalue weighted by molar-refractivity contribution is 7.22. The van der Waals surface area contributed by atoms with Gasteiger partial charge in [-0.15, -0.1) is 0 Å². The predicted octanol–water partition coefficient (Wildman–Crippen LogP) is 3.39. The summed E-state index contributed by atoms with van der Waals surface area (Å²) in [6.07, 6.45) is 0. The quantitative estimate of drug-likeness (QED) is 0.656. The van der Waals surface area contributed by atoms with Gasteiger partial charge in [-0.25, -0.2) is 4.98 Å². The van der Waals surface area contributed by atoms with Gasteiger partial charge in [0.2, 0.25) is 6.79 Å². The number of fused-ring (bicyclic) bond motifs is 2. The maximum absolute atomic E-state index is 12.9. The summed E-state index contributed by atoms with van der Waals surface area (Å²) < 4.78 is 17.5. The summed E-state index contributed by atoms with van der Waals surface area (Å²) >= 11 is 1.66. The molecule has 0 radical (unpaired) electrons. The van der Waals surface area contributed by atoms with Crippen molar-refractivity contribution in [3.8, 4) is 17.2 Å². The molecule has 1 aromatic heterocycles. The molecule has 0 atom stereocenters. The van der Waals surface area contributed by atoms with Crippen LogP contribution in [0.25, 0.3) is 10.2 Å². The Morgan fingerprint density at radius 1 is 1.14 bits per heavy atom. The molecule has 8 heteroatoms. The zero-order valence-electron chi connectivity index (χ0n) is 16.1. The molecule has 0 N–H and O–H groups in total. The van der Waals surface area contributed by atoms with Gasteiger partial charge < -0.3 is 24.0 Å². The fourth-order valence-electron chi connectivity index (χ4n) is 3.63. The molecule has 7 nitrogen and oxygen atoms in total. The first-order chi connectivity index (χ1) is 14.2. The number of para-hydroxylation sites is 1. The average molecular weight is 411 g/mol. The molecule has 0 bridgehead atoms. The van der Waals surface area contributed by atoms with Gasteiger partial charge in [0.1, 0.15) is 11.3 Å². The van der Waals surface area contributed by atoms with Gasteiger partial charge in [-0.1, -0.05) is 17.4 Å². The minimum absolute atomic E-state index is 0.0193. The Balaban J connectivity index is 1.28. The van der Waals surface area contributed by atoms with Crippen molar-refractivity contribution in [3.05, 3.63) is 42.0 Å². The molecule has 2 aliphatic rings. The summed E-state index contributed by atoms with van der Waals surface area (Å²) in [5.74, 6) is 2.16. The van der Waals surface area contributed by atoms with E-state index in [1.54, 1.807) is 29.5 Å². The third-order valence-corrected chi connectivity index (χ3v) is 6.21. The molecule has 0 aliphatic carbocycles. The third-order valence-electron chi connectivity index (χ3n) is 5.13. The van der Waals surface area contributed by atoms with Crippen LogP contribution in [0.5, 0.6) is 17.2 Å². The Kier molecular flexibility index (Phi) is 4.63. The topological polar surface area (TPSA) is 64.1 Å². The lowest BCUT2D eigenvalue weighted by atomic mass is 10.1. The standard InChI is InChI=1S/C21H21N3O4S/c1-2-26-16-4-3-5-18-19(16)22-21(29-18)24-10-8-23(9-11-24)20(25)14-6-7-15-17(12-14)28-13-27-15/h3-7,12H,2,8-11,13H2,1H3. The van der Waals surface area contributed by atoms with Crippen molar-refractivity contribution in [2.45, 2.75) is 6.92 Å².